The van der Waals surface area contributed by atoms with Crippen LogP contribution in [0.2, 0.25) is 0 Å². The average molecular weight is 278 g/mol. The van der Waals surface area contributed by atoms with Gasteiger partial charge in [-0.25, -0.2) is 0 Å². The van der Waals surface area contributed by atoms with Crippen molar-refractivity contribution in [2.45, 2.75) is 29.3 Å². The fraction of sp³-hybridized carbons (Fsp3) is 0.500. The van der Waals surface area contributed by atoms with Gasteiger partial charge < -0.3 is 10.8 Å². The van der Waals surface area contributed by atoms with Gasteiger partial charge in [-0.05, 0) is 30.2 Å². The molecule has 19 heavy (non-hydrogen) atoms. The second kappa shape index (κ2) is 4.81. The second-order valence-electron chi connectivity index (χ2n) is 5.37. The van der Waals surface area contributed by atoms with E-state index < -0.39 is 11.5 Å². The number of thioether (sulfide) groups is 1. The van der Waals surface area contributed by atoms with Crippen LogP contribution in [0.5, 0.6) is 0 Å². The van der Waals surface area contributed by atoms with Gasteiger partial charge in [-0.1, -0.05) is 18.2 Å². The molecule has 0 aromatic heterocycles. The van der Waals surface area contributed by atoms with Crippen LogP contribution in [0.4, 0.5) is 0 Å². The van der Waals surface area contributed by atoms with Gasteiger partial charge in [0, 0.05) is 24.0 Å². The molecule has 1 fully saturated rings. The number of benzene rings is 1. The topological polar surface area (TPSA) is 66.6 Å². The lowest BCUT2D eigenvalue weighted by Crippen LogP contribution is -2.50. The second-order valence-corrected chi connectivity index (χ2v) is 6.51. The molecule has 102 valence electrons. The summed E-state index contributed by atoms with van der Waals surface area (Å²) >= 11 is 1.88. The van der Waals surface area contributed by atoms with Crippen LogP contribution >= 0.6 is 11.8 Å². The zero-order valence-corrected chi connectivity index (χ0v) is 11.5. The molecular formula is C14H18N2O2S. The number of carboxylic acids is 1. The van der Waals surface area contributed by atoms with Crippen LogP contribution < -0.4 is 5.73 Å². The van der Waals surface area contributed by atoms with Crippen molar-refractivity contribution in [3.05, 3.63) is 29.8 Å². The van der Waals surface area contributed by atoms with Crippen LogP contribution in [0.15, 0.2) is 29.2 Å². The van der Waals surface area contributed by atoms with Gasteiger partial charge in [0.2, 0.25) is 0 Å². The minimum Gasteiger partial charge on any atom is -0.480 e. The third kappa shape index (κ3) is 2.26. The van der Waals surface area contributed by atoms with Crippen LogP contribution in [0.25, 0.3) is 0 Å². The first-order valence-corrected chi connectivity index (χ1v) is 7.57. The van der Waals surface area contributed by atoms with Gasteiger partial charge in [-0.3, -0.25) is 9.69 Å². The lowest BCUT2D eigenvalue weighted by atomic mass is 10.00. The molecule has 2 heterocycles. The van der Waals surface area contributed by atoms with Gasteiger partial charge in [0.05, 0.1) is 0 Å². The molecule has 3 rings (SSSR count). The normalized spacial score (nSPS) is 31.1. The summed E-state index contributed by atoms with van der Waals surface area (Å²) in [4.78, 5) is 14.8. The molecule has 0 amide bonds. The van der Waals surface area contributed by atoms with Crippen molar-refractivity contribution in [3.63, 3.8) is 0 Å². The van der Waals surface area contributed by atoms with Gasteiger partial charge in [0.25, 0.3) is 0 Å². The molecule has 1 aromatic rings. The maximum absolute atomic E-state index is 11.2. The van der Waals surface area contributed by atoms with Gasteiger partial charge in [-0.15, -0.1) is 11.8 Å². The largest absolute Gasteiger partial charge is 0.480 e. The Balaban J connectivity index is 1.84. The molecule has 0 aliphatic carbocycles. The van der Waals surface area contributed by atoms with E-state index >= 15 is 0 Å². The zero-order chi connectivity index (χ0) is 13.5. The molecule has 0 bridgehead atoms. The van der Waals surface area contributed by atoms with Crippen LogP contribution in [-0.2, 0) is 4.79 Å². The minimum atomic E-state index is -1.07. The smallest absolute Gasteiger partial charge is 0.325 e. The minimum absolute atomic E-state index is 0.322. The fourth-order valence-electron chi connectivity index (χ4n) is 3.01. The highest BCUT2D eigenvalue weighted by Crippen LogP contribution is 2.41. The number of rotatable bonds is 2. The first-order valence-electron chi connectivity index (χ1n) is 6.58. The summed E-state index contributed by atoms with van der Waals surface area (Å²) in [6.07, 6.45) is 1.60. The molecule has 1 aromatic carbocycles. The molecule has 2 unspecified atom stereocenters. The number of carboxylic acid groups (broad SMARTS) is 1. The van der Waals surface area contributed by atoms with Gasteiger partial charge >= 0.3 is 5.97 Å². The maximum atomic E-state index is 11.2. The van der Waals surface area contributed by atoms with Crippen molar-refractivity contribution in [3.8, 4) is 0 Å². The van der Waals surface area contributed by atoms with Crippen LogP contribution in [0, 0.1) is 0 Å². The van der Waals surface area contributed by atoms with E-state index in [-0.39, 0.29) is 0 Å². The number of nitrogens with zero attached hydrogens (tertiary/aromatic N) is 1. The van der Waals surface area contributed by atoms with Crippen LogP contribution in [-0.4, -0.2) is 40.4 Å². The van der Waals surface area contributed by atoms with Crippen molar-refractivity contribution >= 4 is 17.7 Å². The number of carbonyl (C=O) groups is 1. The Kier molecular flexibility index (Phi) is 3.28. The summed E-state index contributed by atoms with van der Waals surface area (Å²) in [5, 5.41) is 9.23. The third-order valence-electron chi connectivity index (χ3n) is 4.12. The summed E-state index contributed by atoms with van der Waals surface area (Å²) in [5.41, 5.74) is 6.23. The Hall–Kier alpha value is -1.04. The lowest BCUT2D eigenvalue weighted by molar-refractivity contribution is -0.142. The highest BCUT2D eigenvalue weighted by atomic mass is 32.2. The zero-order valence-electron chi connectivity index (χ0n) is 10.7. The molecule has 4 nitrogen and oxygen atoms in total. The van der Waals surface area contributed by atoms with E-state index in [0.29, 0.717) is 19.0 Å². The molecule has 1 saturated heterocycles. The molecule has 5 heteroatoms. The predicted molar refractivity (Wildman–Crippen MR) is 75.3 cm³/mol. The van der Waals surface area contributed by atoms with Gasteiger partial charge in [0.15, 0.2) is 0 Å². The Morgan fingerprint density at radius 2 is 2.26 bits per heavy atom. The van der Waals surface area contributed by atoms with Crippen molar-refractivity contribution < 1.29 is 9.90 Å². The summed E-state index contributed by atoms with van der Waals surface area (Å²) < 4.78 is 0. The van der Waals surface area contributed by atoms with E-state index in [1.54, 1.807) is 0 Å². The summed E-state index contributed by atoms with van der Waals surface area (Å²) in [7, 11) is 0. The van der Waals surface area contributed by atoms with Crippen molar-refractivity contribution in [1.29, 1.82) is 0 Å². The lowest BCUT2D eigenvalue weighted by Gasteiger charge is -2.33. The van der Waals surface area contributed by atoms with E-state index in [0.717, 1.165) is 18.7 Å². The molecule has 0 saturated carbocycles. The Labute approximate surface area is 117 Å². The monoisotopic (exact) mass is 278 g/mol. The fourth-order valence-corrected chi connectivity index (χ4v) is 4.11. The molecular weight excluding hydrogens is 260 g/mol. The Bertz CT molecular complexity index is 508. The quantitative estimate of drug-likeness (QED) is 0.862. The van der Waals surface area contributed by atoms with Crippen LogP contribution in [0.1, 0.15) is 24.4 Å². The maximum Gasteiger partial charge on any atom is 0.325 e. The number of aliphatic carboxylic acids is 1. The highest BCUT2D eigenvalue weighted by molar-refractivity contribution is 7.99. The van der Waals surface area contributed by atoms with E-state index in [1.807, 2.05) is 11.8 Å². The highest BCUT2D eigenvalue weighted by Gasteiger charge is 2.44. The molecule has 3 N–H and O–H groups in total. The van der Waals surface area contributed by atoms with Crippen molar-refractivity contribution in [2.75, 3.05) is 18.8 Å². The SMILES string of the molecule is NC1(C(=O)O)CCN(C2CCSc3ccccc32)C1. The number of hydrogen-bond donors (Lipinski definition) is 2. The summed E-state index contributed by atoms with van der Waals surface area (Å²) in [6, 6.07) is 8.74. The summed E-state index contributed by atoms with van der Waals surface area (Å²) in [5.74, 6) is 0.205. The van der Waals surface area contributed by atoms with Gasteiger partial charge in [0.1, 0.15) is 5.54 Å². The van der Waals surface area contributed by atoms with E-state index in [2.05, 4.69) is 29.2 Å². The number of nitrogens with two attached hydrogens (primary N) is 1. The standard InChI is InChI=1S/C14H18N2O2S/c15-14(13(17)18)6-7-16(9-14)11-5-8-19-12-4-2-1-3-10(11)12/h1-4,11H,5-9,15H2,(H,17,18). The molecule has 2 aliphatic heterocycles. The van der Waals surface area contributed by atoms with E-state index in [9.17, 15) is 9.90 Å². The third-order valence-corrected chi connectivity index (χ3v) is 5.25. The van der Waals surface area contributed by atoms with Crippen molar-refractivity contribution in [1.82, 2.24) is 4.90 Å². The molecule has 0 radical (unpaired) electrons. The van der Waals surface area contributed by atoms with E-state index in [4.69, 9.17) is 5.73 Å². The summed E-state index contributed by atoms with van der Waals surface area (Å²) in [6.45, 7) is 1.22. The molecule has 2 aliphatic rings. The molecule has 2 atom stereocenters. The predicted octanol–water partition coefficient (Wildman–Crippen LogP) is 1.71. The number of fused-ring (bicyclic) bond motifs is 1. The first-order chi connectivity index (χ1) is 9.10. The Morgan fingerprint density at radius 1 is 1.47 bits per heavy atom. The van der Waals surface area contributed by atoms with E-state index in [1.165, 1.54) is 10.5 Å². The van der Waals surface area contributed by atoms with Crippen molar-refractivity contribution in [2.24, 2.45) is 5.73 Å². The van der Waals surface area contributed by atoms with Crippen LogP contribution in [0.3, 0.4) is 0 Å². The number of likely N-dealkylation sites (tertiary alicyclic amines) is 1. The van der Waals surface area contributed by atoms with Gasteiger partial charge in [-0.2, -0.15) is 0 Å². The average Bonchev–Trinajstić information content (AvgIpc) is 2.82. The Morgan fingerprint density at radius 3 is 3.00 bits per heavy atom. The number of hydrogen-bond acceptors (Lipinski definition) is 4. The first kappa shape index (κ1) is 13.0. The molecule has 0 spiro atoms.